The van der Waals surface area contributed by atoms with Gasteiger partial charge >= 0.3 is 0 Å². The highest BCUT2D eigenvalue weighted by Gasteiger charge is 2.30. The van der Waals surface area contributed by atoms with Crippen molar-refractivity contribution in [2.24, 2.45) is 17.5 Å². The summed E-state index contributed by atoms with van der Waals surface area (Å²) in [7, 11) is 0. The zero-order valence-corrected chi connectivity index (χ0v) is 19.4. The van der Waals surface area contributed by atoms with Gasteiger partial charge in [0, 0.05) is 70.3 Å². The summed E-state index contributed by atoms with van der Waals surface area (Å²) in [6.07, 6.45) is -7.01. The molecule has 0 saturated carbocycles. The second-order valence-corrected chi connectivity index (χ2v) is 6.81. The number of piperidine rings is 2. The average molecular weight is 543 g/mol. The molecule has 0 radical (unpaired) electrons. The van der Waals surface area contributed by atoms with Gasteiger partial charge in [0.05, 0.1) is 12.0 Å². The largest absolute Gasteiger partial charge is 0.337 e. The van der Waals surface area contributed by atoms with E-state index in [1.807, 2.05) is 0 Å². The van der Waals surface area contributed by atoms with Gasteiger partial charge in [0.25, 0.3) is 0 Å². The number of nitrogens with one attached hydrogen (secondary N) is 1. The van der Waals surface area contributed by atoms with Gasteiger partial charge in [-0.3, -0.25) is 14.4 Å². The second-order valence-electron chi connectivity index (χ2n) is 6.81. The van der Waals surface area contributed by atoms with E-state index in [-0.39, 0.29) is 10.6 Å². The first-order chi connectivity index (χ1) is 27.5. The highest BCUT2D eigenvalue weighted by molar-refractivity contribution is 5.94. The van der Waals surface area contributed by atoms with Gasteiger partial charge < -0.3 is 20.8 Å². The van der Waals surface area contributed by atoms with Crippen LogP contribution in [0, 0.1) is 11.8 Å². The van der Waals surface area contributed by atoms with Gasteiger partial charge in [-0.1, -0.05) is 74.4 Å². The zero-order chi connectivity index (χ0) is 49.3. The third-order valence-corrected chi connectivity index (χ3v) is 4.41. The number of hydrogen-bond acceptors (Lipinski definition) is 5. The second kappa shape index (κ2) is 16.1. The van der Waals surface area contributed by atoms with Crippen molar-refractivity contribution in [2.75, 3.05) is 26.9 Å². The number of amides is 2. The summed E-state index contributed by atoms with van der Waals surface area (Å²) >= 11 is 3.89. The summed E-state index contributed by atoms with van der Waals surface area (Å²) in [5, 5.41) is 1.52. The summed E-state index contributed by atoms with van der Waals surface area (Å²) in [5.41, 5.74) is 0.459. The number of nitrogens with two attached hydrogens (primary N) is 1. The molecule has 2 amide bonds. The normalized spacial score (nSPS) is 45.1. The van der Waals surface area contributed by atoms with Crippen molar-refractivity contribution in [3.63, 3.8) is 0 Å². The fraction of sp³-hybridized carbons (Fsp3) is 0.464. The molecule has 2 saturated heterocycles. The van der Waals surface area contributed by atoms with E-state index in [2.05, 4.69) is 12.3 Å². The Morgan fingerprint density at radius 1 is 1.00 bits per heavy atom. The Kier molecular flexibility index (Phi) is 4.41. The first-order valence-corrected chi connectivity index (χ1v) is 9.89. The lowest BCUT2D eigenvalue weighted by Crippen LogP contribution is -2.51. The number of Topliss-reactive ketones (excluding diaryl/α,β-unsaturated/α-hetero) is 1. The highest BCUT2D eigenvalue weighted by atomic mass is 35.5. The standard InChI is InChI=1S/C14H20N2O.C13H15NO2.CH5N.ClH/c1-11-8-14(17)16(10-13(11)15-2)9-12-6-4-3-5-7-12;1-10-7-13(16)14(9-12(10)15)8-11-5-3-2-4-6-11;1-2;/h3-7,11,13,15H,8-10H2,1-2H3;2-6,10H,7-9H2,1H3;2H2,1H3;1H/i1D3,2D3,8D2,10D2,11D,13D;1D3,7D2,9D2,10D;1D3;/hD3. The Hall–Kier alpha value is -2.74. The Bertz CT molecular complexity index is 1860. The maximum atomic E-state index is 12.9. The fourth-order valence-electron chi connectivity index (χ4n) is 2.78. The Labute approximate surface area is 258 Å². The maximum absolute atomic E-state index is 12.9. The number of ketones is 1. The van der Waals surface area contributed by atoms with E-state index < -0.39 is 102 Å². The molecule has 2 aromatic rings. The SMILES string of the molecule is [2H]C([2H])([2H])NC1([2H])C([2H])([2H])N(Cc2ccccc2)C(=O)C([2H])([2H])C1([2H])C([2H])([2H])[2H].[2H]C1([2H])C(=O)C([2H])(C([2H])([2H])[2H])C([2H])([2H])C(=O)N1Cc1ccccc1.[2H]Cl.[2H]N([2H])C([2H])([2H])[2H]. The first-order valence-electron chi connectivity index (χ1n) is 22.7. The Morgan fingerprint density at radius 3 is 2.11 bits per heavy atom. The molecule has 0 spiro atoms. The number of carbonyl (C=O) groups is 3. The summed E-state index contributed by atoms with van der Waals surface area (Å²) in [5.74, 6) is -12.3. The van der Waals surface area contributed by atoms with Crippen LogP contribution in [-0.2, 0) is 27.5 Å². The van der Waals surface area contributed by atoms with Crippen molar-refractivity contribution >= 4 is 29.9 Å². The number of nitrogens with zero attached hydrogens (tertiary/aromatic N) is 2. The Balaban J connectivity index is 0.000000525. The summed E-state index contributed by atoms with van der Waals surface area (Å²) in [4.78, 5) is 38.4. The zero-order valence-electron chi connectivity index (χ0n) is 44.6. The van der Waals surface area contributed by atoms with Crippen molar-refractivity contribution in [3.8, 4) is 0 Å². The van der Waals surface area contributed by atoms with Crippen molar-refractivity contribution < 1.29 is 48.7 Å². The van der Waals surface area contributed by atoms with Gasteiger partial charge in [0.1, 0.15) is 4.00 Å². The molecule has 36 heavy (non-hydrogen) atoms. The fourth-order valence-corrected chi connectivity index (χ4v) is 2.78. The molecule has 7 nitrogen and oxygen atoms in total. The van der Waals surface area contributed by atoms with Crippen LogP contribution in [0.4, 0.5) is 0 Å². The Morgan fingerprint density at radius 2 is 1.58 bits per heavy atom. The molecule has 3 N–H and O–H groups in total. The number of likely N-dealkylation sites (N-methyl/N-ethyl adjacent to an activating group) is 1. The number of hydrogen-bond donors (Lipinski definition) is 2. The highest BCUT2D eigenvalue weighted by Crippen LogP contribution is 2.20. The lowest BCUT2D eigenvalue weighted by atomic mass is 9.93. The molecule has 2 aliphatic heterocycles. The molecule has 3 unspecified atom stereocenters. The molecule has 2 aliphatic rings. The predicted molar refractivity (Wildman–Crippen MR) is 146 cm³/mol. The number of benzene rings is 2. The van der Waals surface area contributed by atoms with Crippen LogP contribution in [-0.4, -0.2) is 61.5 Å². The lowest BCUT2D eigenvalue weighted by molar-refractivity contribution is -0.143. The summed E-state index contributed by atoms with van der Waals surface area (Å²) < 4.78 is 192. The lowest BCUT2D eigenvalue weighted by Gasteiger charge is -2.36. The van der Waals surface area contributed by atoms with E-state index in [0.29, 0.717) is 16.0 Å². The van der Waals surface area contributed by atoms with Crippen LogP contribution in [0.3, 0.4) is 0 Å². The monoisotopic (exact) mass is 542 g/mol. The molecule has 8 heteroatoms. The average Bonchev–Trinajstić information content (AvgIpc) is 3.13. The van der Waals surface area contributed by atoms with Crippen LogP contribution < -0.4 is 11.0 Å². The van der Waals surface area contributed by atoms with Crippen LogP contribution >= 0.6 is 12.3 Å². The van der Waals surface area contributed by atoms with Gasteiger partial charge in [-0.2, -0.15) is 0 Å². The molecule has 3 atom stereocenters. The van der Waals surface area contributed by atoms with Gasteiger partial charge in [0.15, 0.2) is 5.78 Å². The third-order valence-electron chi connectivity index (χ3n) is 4.41. The number of halogens is 1. The molecule has 0 aromatic heterocycles. The van der Waals surface area contributed by atoms with E-state index in [0.717, 1.165) is 0 Å². The third kappa shape index (κ3) is 9.37. The number of carbonyl (C=O) groups excluding carboxylic acids is 3. The van der Waals surface area contributed by atoms with E-state index in [9.17, 15) is 14.4 Å². The van der Waals surface area contributed by atoms with Crippen LogP contribution in [0.25, 0.3) is 0 Å². The smallest absolute Gasteiger partial charge is 0.223 e. The van der Waals surface area contributed by atoms with Gasteiger partial charge in [0.2, 0.25) is 11.8 Å². The van der Waals surface area contributed by atoms with E-state index in [1.165, 1.54) is 17.4 Å². The summed E-state index contributed by atoms with van der Waals surface area (Å²) in [6, 6.07) is 12.2. The molecule has 2 aromatic carbocycles. The molecule has 2 heterocycles. The minimum absolute atomic E-state index is 0.270. The van der Waals surface area contributed by atoms with Gasteiger partial charge in [-0.05, 0) is 31.0 Å². The minimum atomic E-state index is -3.78. The molecular weight excluding hydrogens is 476 g/mol. The number of rotatable bonds is 5. The van der Waals surface area contributed by atoms with Gasteiger partial charge in [-0.25, -0.2) is 0 Å². The predicted octanol–water partition coefficient (Wildman–Crippen LogP) is 3.26. The minimum Gasteiger partial charge on any atom is -0.337 e. The van der Waals surface area contributed by atoms with E-state index >= 15 is 0 Å². The topological polar surface area (TPSA) is 95.7 Å². The summed E-state index contributed by atoms with van der Waals surface area (Å²) in [6.45, 7) is -20.6. The molecule has 0 aliphatic carbocycles. The quantitative estimate of drug-likeness (QED) is 0.604. The van der Waals surface area contributed by atoms with E-state index in [4.69, 9.17) is 35.5 Å². The molecular formula is C28H41ClN4O3. The van der Waals surface area contributed by atoms with Gasteiger partial charge in [-0.15, -0.1) is 12.3 Å². The first kappa shape index (κ1) is 9.86. The van der Waals surface area contributed by atoms with E-state index in [1.54, 1.807) is 48.5 Å². The molecule has 198 valence electrons. The van der Waals surface area contributed by atoms with Crippen LogP contribution in [0.1, 0.15) is 69.1 Å². The maximum Gasteiger partial charge on any atom is 0.223 e. The van der Waals surface area contributed by atoms with Crippen LogP contribution in [0.15, 0.2) is 60.7 Å². The molecule has 4 rings (SSSR count). The van der Waals surface area contributed by atoms with Crippen LogP contribution in [0.2, 0.25) is 2.82 Å². The number of likely N-dealkylation sites (tertiary alicyclic amines) is 2. The van der Waals surface area contributed by atoms with Crippen molar-refractivity contribution in [1.29, 1.82) is 1.17 Å². The van der Waals surface area contributed by atoms with Crippen molar-refractivity contribution in [3.05, 3.63) is 71.8 Å². The molecule has 0 bridgehead atoms. The van der Waals surface area contributed by atoms with Crippen LogP contribution in [0.5, 0.6) is 0 Å². The molecule has 2 fully saturated rings. The van der Waals surface area contributed by atoms with Crippen molar-refractivity contribution in [2.45, 2.75) is 45.6 Å². The van der Waals surface area contributed by atoms with Crippen molar-refractivity contribution in [1.82, 2.24) is 15.1 Å².